The van der Waals surface area contributed by atoms with E-state index in [2.05, 4.69) is 10.6 Å². The molecule has 0 aliphatic heterocycles. The van der Waals surface area contributed by atoms with E-state index in [4.69, 9.17) is 4.42 Å². The van der Waals surface area contributed by atoms with Gasteiger partial charge in [-0.25, -0.2) is 8.78 Å². The molecule has 0 radical (unpaired) electrons. The Hall–Kier alpha value is -4.78. The largest absolute Gasteiger partial charge is 0.455 e. The molecule has 38 heavy (non-hydrogen) atoms. The van der Waals surface area contributed by atoms with Crippen LogP contribution in [0.1, 0.15) is 39.2 Å². The second kappa shape index (κ2) is 10.3. The number of halogens is 2. The standard InChI is InChI=1S/C31H24F2N2O3/c1-18(19-6-11-24(32)12-7-19)35-30(36)23-5-3-4-21(16-23)22-10-15-27-26(17-22)28(31(37)34-2)29(38-27)20-8-13-25(33)14-9-20/h3-18H,1-2H3,(H,34,37)(H,35,36)/t18-/m0/s1. The van der Waals surface area contributed by atoms with Gasteiger partial charge in [0, 0.05) is 23.6 Å². The number of fused-ring (bicyclic) bond motifs is 1. The van der Waals surface area contributed by atoms with Gasteiger partial charge in [-0.1, -0.05) is 30.3 Å². The first kappa shape index (κ1) is 24.9. The minimum absolute atomic E-state index is 0.266. The Labute approximate surface area is 218 Å². The summed E-state index contributed by atoms with van der Waals surface area (Å²) < 4.78 is 32.7. The zero-order valence-corrected chi connectivity index (χ0v) is 20.7. The van der Waals surface area contributed by atoms with Crippen molar-refractivity contribution in [3.63, 3.8) is 0 Å². The molecule has 190 valence electrons. The van der Waals surface area contributed by atoms with Crippen molar-refractivity contribution in [1.29, 1.82) is 0 Å². The highest BCUT2D eigenvalue weighted by atomic mass is 19.1. The maximum Gasteiger partial charge on any atom is 0.255 e. The normalized spacial score (nSPS) is 11.8. The second-order valence-corrected chi connectivity index (χ2v) is 8.93. The summed E-state index contributed by atoms with van der Waals surface area (Å²) in [5.74, 6) is -0.969. The molecule has 2 N–H and O–H groups in total. The smallest absolute Gasteiger partial charge is 0.255 e. The average molecular weight is 511 g/mol. The molecular weight excluding hydrogens is 486 g/mol. The summed E-state index contributed by atoms with van der Waals surface area (Å²) in [5.41, 5.74) is 4.25. The number of furan rings is 1. The summed E-state index contributed by atoms with van der Waals surface area (Å²) in [6.45, 7) is 1.83. The molecule has 0 fully saturated rings. The molecule has 0 aliphatic rings. The van der Waals surface area contributed by atoms with Gasteiger partial charge < -0.3 is 15.1 Å². The summed E-state index contributed by atoms with van der Waals surface area (Å²) in [6.07, 6.45) is 0. The first-order valence-corrected chi connectivity index (χ1v) is 12.1. The van der Waals surface area contributed by atoms with Crippen LogP contribution in [0.4, 0.5) is 8.78 Å². The third-order valence-electron chi connectivity index (χ3n) is 6.42. The van der Waals surface area contributed by atoms with Crippen LogP contribution < -0.4 is 10.6 Å². The van der Waals surface area contributed by atoms with E-state index in [0.717, 1.165) is 16.7 Å². The molecule has 0 spiro atoms. The van der Waals surface area contributed by atoms with Gasteiger partial charge in [-0.3, -0.25) is 9.59 Å². The fraction of sp³-hybridized carbons (Fsp3) is 0.0968. The minimum atomic E-state index is -0.385. The van der Waals surface area contributed by atoms with Crippen molar-refractivity contribution in [2.24, 2.45) is 0 Å². The Bertz CT molecular complexity index is 1640. The van der Waals surface area contributed by atoms with Crippen molar-refractivity contribution in [2.45, 2.75) is 13.0 Å². The van der Waals surface area contributed by atoms with Crippen LogP contribution in [0, 0.1) is 11.6 Å². The lowest BCUT2D eigenvalue weighted by Crippen LogP contribution is -2.26. The molecule has 0 aliphatic carbocycles. The van der Waals surface area contributed by atoms with Crippen LogP contribution in [0.15, 0.2) is 95.4 Å². The van der Waals surface area contributed by atoms with E-state index in [-0.39, 0.29) is 29.5 Å². The quantitative estimate of drug-likeness (QED) is 0.261. The van der Waals surface area contributed by atoms with E-state index in [0.29, 0.717) is 33.4 Å². The molecule has 5 aromatic rings. The predicted molar refractivity (Wildman–Crippen MR) is 143 cm³/mol. The van der Waals surface area contributed by atoms with Crippen molar-refractivity contribution in [3.8, 4) is 22.5 Å². The Morgan fingerprint density at radius 1 is 0.763 bits per heavy atom. The maximum atomic E-state index is 13.5. The van der Waals surface area contributed by atoms with Crippen LogP contribution in [0.3, 0.4) is 0 Å². The molecule has 4 aromatic carbocycles. The highest BCUT2D eigenvalue weighted by Crippen LogP contribution is 2.36. The van der Waals surface area contributed by atoms with Crippen molar-refractivity contribution in [1.82, 2.24) is 10.6 Å². The molecule has 0 bridgehead atoms. The Morgan fingerprint density at radius 3 is 2.08 bits per heavy atom. The number of hydrogen-bond acceptors (Lipinski definition) is 3. The fourth-order valence-corrected chi connectivity index (χ4v) is 4.39. The van der Waals surface area contributed by atoms with Crippen LogP contribution in [0.5, 0.6) is 0 Å². The molecule has 5 rings (SSSR count). The minimum Gasteiger partial charge on any atom is -0.455 e. The first-order valence-electron chi connectivity index (χ1n) is 12.1. The zero-order chi connectivity index (χ0) is 26.8. The van der Waals surface area contributed by atoms with Crippen molar-refractivity contribution in [3.05, 3.63) is 119 Å². The van der Waals surface area contributed by atoms with Crippen LogP contribution in [-0.4, -0.2) is 18.9 Å². The van der Waals surface area contributed by atoms with E-state index < -0.39 is 0 Å². The van der Waals surface area contributed by atoms with Gasteiger partial charge in [0.2, 0.25) is 0 Å². The molecule has 5 nitrogen and oxygen atoms in total. The van der Waals surface area contributed by atoms with Gasteiger partial charge in [-0.05, 0) is 84.3 Å². The highest BCUT2D eigenvalue weighted by Gasteiger charge is 2.22. The molecule has 1 aromatic heterocycles. The lowest BCUT2D eigenvalue weighted by molar-refractivity contribution is 0.0937. The van der Waals surface area contributed by atoms with E-state index in [9.17, 15) is 18.4 Å². The Kier molecular flexibility index (Phi) is 6.75. The fourth-order valence-electron chi connectivity index (χ4n) is 4.39. The number of amides is 2. The second-order valence-electron chi connectivity index (χ2n) is 8.93. The van der Waals surface area contributed by atoms with Crippen molar-refractivity contribution in [2.75, 3.05) is 7.05 Å². The third-order valence-corrected chi connectivity index (χ3v) is 6.42. The molecule has 1 heterocycles. The number of carbonyl (C=O) groups is 2. The monoisotopic (exact) mass is 510 g/mol. The number of rotatable bonds is 6. The number of benzene rings is 4. The molecule has 0 saturated heterocycles. The van der Waals surface area contributed by atoms with Crippen LogP contribution in [0.25, 0.3) is 33.4 Å². The summed E-state index contributed by atoms with van der Waals surface area (Å²) in [6, 6.07) is 24.1. The van der Waals surface area contributed by atoms with Gasteiger partial charge >= 0.3 is 0 Å². The highest BCUT2D eigenvalue weighted by molar-refractivity contribution is 6.11. The molecule has 0 unspecified atom stereocenters. The predicted octanol–water partition coefficient (Wildman–Crippen LogP) is 6.90. The summed E-state index contributed by atoms with van der Waals surface area (Å²) in [4.78, 5) is 25.8. The van der Waals surface area contributed by atoms with Crippen molar-refractivity contribution >= 4 is 22.8 Å². The number of carbonyl (C=O) groups excluding carboxylic acids is 2. The summed E-state index contributed by atoms with van der Waals surface area (Å²) in [5, 5.41) is 6.19. The zero-order valence-electron chi connectivity index (χ0n) is 20.7. The summed E-state index contributed by atoms with van der Waals surface area (Å²) in [7, 11) is 1.54. The van der Waals surface area contributed by atoms with E-state index in [1.54, 1.807) is 48.5 Å². The topological polar surface area (TPSA) is 71.3 Å². The third kappa shape index (κ3) is 4.91. The molecule has 1 atom stereocenters. The van der Waals surface area contributed by atoms with Crippen LogP contribution in [-0.2, 0) is 0 Å². The molecule has 7 heteroatoms. The Morgan fingerprint density at radius 2 is 1.39 bits per heavy atom. The van der Waals surface area contributed by atoms with Gasteiger partial charge in [-0.15, -0.1) is 0 Å². The summed E-state index contributed by atoms with van der Waals surface area (Å²) >= 11 is 0. The lowest BCUT2D eigenvalue weighted by Gasteiger charge is -2.15. The van der Waals surface area contributed by atoms with Gasteiger partial charge in [0.05, 0.1) is 11.6 Å². The first-order chi connectivity index (χ1) is 18.3. The maximum absolute atomic E-state index is 13.5. The Balaban J connectivity index is 1.49. The van der Waals surface area contributed by atoms with Gasteiger partial charge in [0.15, 0.2) is 0 Å². The van der Waals surface area contributed by atoms with E-state index >= 15 is 0 Å². The number of hydrogen-bond donors (Lipinski definition) is 2. The lowest BCUT2D eigenvalue weighted by atomic mass is 9.98. The van der Waals surface area contributed by atoms with Gasteiger partial charge in [0.25, 0.3) is 11.8 Å². The molecular formula is C31H24F2N2O3. The van der Waals surface area contributed by atoms with Crippen LogP contribution >= 0.6 is 0 Å². The van der Waals surface area contributed by atoms with E-state index in [1.807, 2.05) is 25.1 Å². The van der Waals surface area contributed by atoms with Crippen molar-refractivity contribution < 1.29 is 22.8 Å². The van der Waals surface area contributed by atoms with E-state index in [1.165, 1.54) is 31.3 Å². The molecule has 2 amide bonds. The average Bonchev–Trinajstić information content (AvgIpc) is 3.32. The molecule has 0 saturated carbocycles. The number of nitrogens with one attached hydrogen (secondary N) is 2. The van der Waals surface area contributed by atoms with Gasteiger partial charge in [-0.2, -0.15) is 0 Å². The van der Waals surface area contributed by atoms with Gasteiger partial charge in [0.1, 0.15) is 23.0 Å². The SMILES string of the molecule is CNC(=O)c1c(-c2ccc(F)cc2)oc2ccc(-c3cccc(C(=O)N[C@@H](C)c4ccc(F)cc4)c3)cc12. The van der Waals surface area contributed by atoms with Crippen LogP contribution in [0.2, 0.25) is 0 Å².